The largest absolute Gasteiger partial charge is 0.493 e. The lowest BCUT2D eigenvalue weighted by Crippen LogP contribution is -2.44. The SMILES string of the molecule is CCOc1nc(N2CCNCC2)[nH]c2c1[nH]c1cc(-c3ccc(OC)c(OC)c3)cc(=O)c12. The van der Waals surface area contributed by atoms with Crippen molar-refractivity contribution in [2.45, 2.75) is 6.92 Å². The number of nitrogens with zero attached hydrogens (tertiary/aromatic N) is 2. The van der Waals surface area contributed by atoms with Gasteiger partial charge < -0.3 is 34.4 Å². The molecule has 2 aromatic heterocycles. The highest BCUT2D eigenvalue weighted by Gasteiger charge is 2.20. The van der Waals surface area contributed by atoms with Gasteiger partial charge in [0, 0.05) is 26.2 Å². The van der Waals surface area contributed by atoms with E-state index in [0.717, 1.165) is 42.8 Å². The molecule has 1 aliphatic heterocycles. The second kappa shape index (κ2) is 8.67. The van der Waals surface area contributed by atoms with Crippen LogP contribution < -0.4 is 29.9 Å². The topological polar surface area (TPSA) is 104 Å². The Hall–Kier alpha value is -3.72. The quantitative estimate of drug-likeness (QED) is 0.416. The molecule has 9 nitrogen and oxygen atoms in total. The predicted octanol–water partition coefficient (Wildman–Crippen LogP) is 2.90. The van der Waals surface area contributed by atoms with Crippen LogP contribution in [0.25, 0.3) is 33.1 Å². The van der Waals surface area contributed by atoms with Gasteiger partial charge in [0.2, 0.25) is 11.8 Å². The molecule has 4 aromatic rings. The van der Waals surface area contributed by atoms with Crippen LogP contribution in [0.2, 0.25) is 0 Å². The Morgan fingerprint density at radius 3 is 2.48 bits per heavy atom. The van der Waals surface area contributed by atoms with Crippen molar-refractivity contribution >= 4 is 27.9 Å². The summed E-state index contributed by atoms with van der Waals surface area (Å²) in [7, 11) is 3.19. The number of H-pyrrole nitrogens is 2. The Morgan fingerprint density at radius 2 is 1.76 bits per heavy atom. The van der Waals surface area contributed by atoms with Crippen LogP contribution in [0.4, 0.5) is 5.95 Å². The minimum absolute atomic E-state index is 0.0836. The molecule has 0 saturated carbocycles. The van der Waals surface area contributed by atoms with E-state index in [0.29, 0.717) is 46.4 Å². The molecule has 0 bridgehead atoms. The van der Waals surface area contributed by atoms with Gasteiger partial charge in [-0.3, -0.25) is 4.79 Å². The van der Waals surface area contributed by atoms with E-state index < -0.39 is 0 Å². The monoisotopic (exact) mass is 449 g/mol. The Morgan fingerprint density at radius 1 is 0.970 bits per heavy atom. The number of aromatic amines is 2. The average Bonchev–Trinajstić information content (AvgIpc) is 3.23. The zero-order chi connectivity index (χ0) is 22.9. The van der Waals surface area contributed by atoms with Gasteiger partial charge in [-0.1, -0.05) is 6.07 Å². The van der Waals surface area contributed by atoms with Gasteiger partial charge >= 0.3 is 0 Å². The maximum absolute atomic E-state index is 13.3. The van der Waals surface area contributed by atoms with E-state index in [1.807, 2.05) is 31.2 Å². The van der Waals surface area contributed by atoms with Crippen molar-refractivity contribution in [1.29, 1.82) is 0 Å². The van der Waals surface area contributed by atoms with Crippen molar-refractivity contribution in [3.8, 4) is 28.5 Å². The first kappa shape index (κ1) is 21.1. The fraction of sp³-hybridized carbons (Fsp3) is 0.333. The van der Waals surface area contributed by atoms with Crippen LogP contribution in [0.3, 0.4) is 0 Å². The summed E-state index contributed by atoms with van der Waals surface area (Å²) in [5.74, 6) is 2.44. The molecule has 9 heteroatoms. The summed E-state index contributed by atoms with van der Waals surface area (Å²) in [6.45, 7) is 5.82. The molecule has 5 rings (SSSR count). The van der Waals surface area contributed by atoms with Crippen molar-refractivity contribution in [3.63, 3.8) is 0 Å². The van der Waals surface area contributed by atoms with Gasteiger partial charge in [0.15, 0.2) is 16.9 Å². The number of aromatic nitrogens is 3. The highest BCUT2D eigenvalue weighted by molar-refractivity contribution is 6.07. The van der Waals surface area contributed by atoms with Crippen LogP contribution in [-0.2, 0) is 0 Å². The van der Waals surface area contributed by atoms with E-state index in [1.54, 1.807) is 20.3 Å². The molecule has 0 unspecified atom stereocenters. The summed E-state index contributed by atoms with van der Waals surface area (Å²) >= 11 is 0. The zero-order valence-electron chi connectivity index (χ0n) is 18.9. The van der Waals surface area contributed by atoms with Crippen molar-refractivity contribution in [2.75, 3.05) is 51.9 Å². The fourth-order valence-electron chi connectivity index (χ4n) is 4.32. The van der Waals surface area contributed by atoms with E-state index >= 15 is 0 Å². The standard InChI is InChI=1S/C24H27N5O4/c1-4-33-23-22-21(27-24(28-23)29-9-7-25-8-10-29)20-16(26-22)11-15(12-17(20)30)14-5-6-18(31-2)19(13-14)32-3/h5-6,11-13,25-26H,4,7-10H2,1-3H3,(H,27,28). The number of nitrogens with one attached hydrogen (secondary N) is 3. The second-order valence-corrected chi connectivity index (χ2v) is 7.88. The normalized spacial score (nSPS) is 14.1. The summed E-state index contributed by atoms with van der Waals surface area (Å²) in [6, 6.07) is 9.22. The highest BCUT2D eigenvalue weighted by Crippen LogP contribution is 2.35. The number of hydrogen-bond acceptors (Lipinski definition) is 7. The van der Waals surface area contributed by atoms with Gasteiger partial charge in [-0.25, -0.2) is 0 Å². The predicted molar refractivity (Wildman–Crippen MR) is 129 cm³/mol. The first-order valence-electron chi connectivity index (χ1n) is 11.0. The minimum Gasteiger partial charge on any atom is -0.493 e. The summed E-state index contributed by atoms with van der Waals surface area (Å²) in [6.07, 6.45) is 0. The Labute approximate surface area is 190 Å². The molecular formula is C24H27N5O4. The molecule has 0 amide bonds. The summed E-state index contributed by atoms with van der Waals surface area (Å²) < 4.78 is 16.6. The van der Waals surface area contributed by atoms with Crippen molar-refractivity contribution < 1.29 is 14.2 Å². The Balaban J connectivity index is 1.68. The summed E-state index contributed by atoms with van der Waals surface area (Å²) in [5, 5.41) is 3.94. The molecule has 1 saturated heterocycles. The van der Waals surface area contributed by atoms with E-state index in [2.05, 4.69) is 20.2 Å². The molecule has 0 radical (unpaired) electrons. The number of benzene rings is 2. The molecule has 0 atom stereocenters. The number of ether oxygens (including phenoxy) is 3. The number of piperazine rings is 1. The van der Waals surface area contributed by atoms with Gasteiger partial charge in [-0.2, -0.15) is 4.98 Å². The van der Waals surface area contributed by atoms with E-state index in [9.17, 15) is 4.79 Å². The van der Waals surface area contributed by atoms with Crippen LogP contribution in [0.5, 0.6) is 17.4 Å². The number of hydrogen-bond donors (Lipinski definition) is 3. The van der Waals surface area contributed by atoms with Crippen LogP contribution >= 0.6 is 0 Å². The fourth-order valence-corrected chi connectivity index (χ4v) is 4.32. The number of fused-ring (bicyclic) bond motifs is 3. The Kier molecular flexibility index (Phi) is 5.55. The number of rotatable bonds is 6. The molecule has 1 fully saturated rings. The third-order valence-electron chi connectivity index (χ3n) is 5.93. The van der Waals surface area contributed by atoms with Crippen molar-refractivity contribution in [3.05, 3.63) is 40.6 Å². The van der Waals surface area contributed by atoms with Gasteiger partial charge in [0.05, 0.1) is 37.2 Å². The molecule has 33 heavy (non-hydrogen) atoms. The van der Waals surface area contributed by atoms with Crippen LogP contribution in [0.1, 0.15) is 6.92 Å². The first-order chi connectivity index (χ1) is 16.1. The van der Waals surface area contributed by atoms with Crippen molar-refractivity contribution in [1.82, 2.24) is 20.3 Å². The van der Waals surface area contributed by atoms with Gasteiger partial charge in [0.1, 0.15) is 5.52 Å². The molecular weight excluding hydrogens is 422 g/mol. The number of anilines is 1. The Bertz CT molecular complexity index is 1370. The van der Waals surface area contributed by atoms with Gasteiger partial charge in [0.25, 0.3) is 0 Å². The summed E-state index contributed by atoms with van der Waals surface area (Å²) in [5.41, 5.74) is 3.68. The number of methoxy groups -OCH3 is 2. The van der Waals surface area contributed by atoms with E-state index in [1.165, 1.54) is 0 Å². The van der Waals surface area contributed by atoms with Crippen LogP contribution in [0, 0.1) is 0 Å². The third-order valence-corrected chi connectivity index (χ3v) is 5.93. The molecule has 3 heterocycles. The first-order valence-corrected chi connectivity index (χ1v) is 11.0. The van der Waals surface area contributed by atoms with E-state index in [-0.39, 0.29) is 5.43 Å². The highest BCUT2D eigenvalue weighted by atomic mass is 16.5. The second-order valence-electron chi connectivity index (χ2n) is 7.88. The van der Waals surface area contributed by atoms with Crippen LogP contribution in [0.15, 0.2) is 35.1 Å². The zero-order valence-corrected chi connectivity index (χ0v) is 18.9. The maximum Gasteiger partial charge on any atom is 0.243 e. The summed E-state index contributed by atoms with van der Waals surface area (Å²) in [4.78, 5) is 26.9. The smallest absolute Gasteiger partial charge is 0.243 e. The molecule has 0 aliphatic carbocycles. The van der Waals surface area contributed by atoms with Crippen molar-refractivity contribution in [2.24, 2.45) is 0 Å². The van der Waals surface area contributed by atoms with Gasteiger partial charge in [-0.05, 0) is 42.3 Å². The maximum atomic E-state index is 13.3. The van der Waals surface area contributed by atoms with Crippen LogP contribution in [-0.4, -0.2) is 62.0 Å². The lowest BCUT2D eigenvalue weighted by molar-refractivity contribution is 0.330. The molecule has 3 N–H and O–H groups in total. The third kappa shape index (κ3) is 3.74. The minimum atomic E-state index is -0.0836. The lowest BCUT2D eigenvalue weighted by atomic mass is 10.0. The van der Waals surface area contributed by atoms with E-state index in [4.69, 9.17) is 19.2 Å². The molecule has 2 aromatic carbocycles. The molecule has 1 aliphatic rings. The molecule has 0 spiro atoms. The molecule has 172 valence electrons. The lowest BCUT2D eigenvalue weighted by Gasteiger charge is -2.28. The average molecular weight is 450 g/mol. The van der Waals surface area contributed by atoms with Gasteiger partial charge in [-0.15, -0.1) is 0 Å².